The van der Waals surface area contributed by atoms with Gasteiger partial charge in [0.25, 0.3) is 5.91 Å². The molecule has 2 N–H and O–H groups in total. The number of fused-ring (bicyclic) bond motifs is 3. The molecule has 138 valence electrons. The third-order valence-corrected chi connectivity index (χ3v) is 4.57. The van der Waals surface area contributed by atoms with Crippen molar-refractivity contribution in [3.05, 3.63) is 83.9 Å². The smallest absolute Gasteiger partial charge is 0.336 e. The lowest BCUT2D eigenvalue weighted by Gasteiger charge is -2.06. The fourth-order valence-electron chi connectivity index (χ4n) is 3.33. The largest absolute Gasteiger partial charge is 0.478 e. The highest BCUT2D eigenvalue weighted by Gasteiger charge is 2.12. The van der Waals surface area contributed by atoms with E-state index >= 15 is 0 Å². The highest BCUT2D eigenvalue weighted by Crippen LogP contribution is 2.28. The molecule has 0 aliphatic rings. The summed E-state index contributed by atoms with van der Waals surface area (Å²) in [5, 5.41) is 15.3. The number of hydrogen-bond donors (Lipinski definition) is 2. The molecular weight excluding hydrogens is 354 g/mol. The summed E-state index contributed by atoms with van der Waals surface area (Å²) in [6.07, 6.45) is 1.34. The van der Waals surface area contributed by atoms with Crippen LogP contribution < -0.4 is 5.43 Å². The van der Waals surface area contributed by atoms with Crippen molar-refractivity contribution >= 4 is 39.9 Å². The molecule has 4 aromatic rings. The molecule has 0 aliphatic heterocycles. The molecule has 0 bridgehead atoms. The first-order valence-electron chi connectivity index (χ1n) is 8.75. The van der Waals surface area contributed by atoms with Crippen molar-refractivity contribution in [3.63, 3.8) is 0 Å². The Kier molecular flexibility index (Phi) is 4.60. The molecule has 0 saturated carbocycles. The first-order valence-corrected chi connectivity index (χ1v) is 8.75. The van der Waals surface area contributed by atoms with Gasteiger partial charge >= 0.3 is 5.97 Å². The van der Waals surface area contributed by atoms with Gasteiger partial charge in [-0.3, -0.25) is 4.79 Å². The number of carbonyl (C=O) groups excluding carboxylic acids is 1. The molecule has 4 rings (SSSR count). The molecule has 0 radical (unpaired) electrons. The van der Waals surface area contributed by atoms with Crippen LogP contribution in [-0.4, -0.2) is 27.8 Å². The number of benzene rings is 3. The zero-order chi connectivity index (χ0) is 19.5. The summed E-state index contributed by atoms with van der Waals surface area (Å²) in [6.45, 7) is 0.103. The van der Waals surface area contributed by atoms with Gasteiger partial charge in [0.2, 0.25) is 0 Å². The zero-order valence-corrected chi connectivity index (χ0v) is 14.9. The van der Waals surface area contributed by atoms with Crippen LogP contribution in [0.2, 0.25) is 0 Å². The van der Waals surface area contributed by atoms with E-state index in [1.54, 1.807) is 18.2 Å². The van der Waals surface area contributed by atoms with E-state index in [1.165, 1.54) is 12.3 Å². The molecule has 6 heteroatoms. The minimum Gasteiger partial charge on any atom is -0.478 e. The number of carboxylic acid groups (broad SMARTS) is 1. The van der Waals surface area contributed by atoms with E-state index in [9.17, 15) is 14.7 Å². The van der Waals surface area contributed by atoms with Crippen LogP contribution in [0.5, 0.6) is 0 Å². The number of hydrazone groups is 1. The average molecular weight is 371 g/mol. The molecule has 1 amide bonds. The van der Waals surface area contributed by atoms with Gasteiger partial charge in [0, 0.05) is 27.4 Å². The Morgan fingerprint density at radius 1 is 0.893 bits per heavy atom. The lowest BCUT2D eigenvalue weighted by atomic mass is 10.1. The van der Waals surface area contributed by atoms with E-state index in [1.807, 2.05) is 53.1 Å². The van der Waals surface area contributed by atoms with Gasteiger partial charge in [-0.15, -0.1) is 0 Å². The van der Waals surface area contributed by atoms with E-state index < -0.39 is 5.97 Å². The predicted octanol–water partition coefficient (Wildman–Crippen LogP) is 3.64. The molecule has 0 atom stereocenters. The molecule has 3 aromatic carbocycles. The van der Waals surface area contributed by atoms with Gasteiger partial charge in [-0.05, 0) is 18.2 Å². The van der Waals surface area contributed by atoms with Gasteiger partial charge in [0.15, 0.2) is 0 Å². The maximum absolute atomic E-state index is 12.4. The van der Waals surface area contributed by atoms with Crippen molar-refractivity contribution in [3.8, 4) is 0 Å². The van der Waals surface area contributed by atoms with Crippen LogP contribution in [-0.2, 0) is 11.3 Å². The SMILES string of the molecule is O=C(Cn1c2ccccc2c2ccccc21)N/N=C\c1ccccc1C(=O)O. The Labute approximate surface area is 160 Å². The van der Waals surface area contributed by atoms with Crippen LogP contribution in [0.15, 0.2) is 77.9 Å². The second-order valence-corrected chi connectivity index (χ2v) is 6.31. The van der Waals surface area contributed by atoms with Crippen LogP contribution in [0.4, 0.5) is 0 Å². The Hall–Kier alpha value is -3.93. The second kappa shape index (κ2) is 7.36. The van der Waals surface area contributed by atoms with Crippen LogP contribution in [0.25, 0.3) is 21.8 Å². The molecule has 0 spiro atoms. The number of rotatable bonds is 5. The Balaban J connectivity index is 1.57. The van der Waals surface area contributed by atoms with Crippen molar-refractivity contribution in [1.29, 1.82) is 0 Å². The monoisotopic (exact) mass is 371 g/mol. The maximum Gasteiger partial charge on any atom is 0.336 e. The van der Waals surface area contributed by atoms with Crippen LogP contribution in [0, 0.1) is 0 Å². The summed E-state index contributed by atoms with van der Waals surface area (Å²) in [6, 6.07) is 22.3. The van der Waals surface area contributed by atoms with Gasteiger partial charge in [-0.1, -0.05) is 54.6 Å². The normalized spacial score (nSPS) is 11.3. The zero-order valence-electron chi connectivity index (χ0n) is 14.9. The molecule has 0 unspecified atom stereocenters. The third-order valence-electron chi connectivity index (χ3n) is 4.57. The summed E-state index contributed by atoms with van der Waals surface area (Å²) in [7, 11) is 0. The van der Waals surface area contributed by atoms with Gasteiger partial charge in [-0.25, -0.2) is 10.2 Å². The fraction of sp³-hybridized carbons (Fsp3) is 0.0455. The third kappa shape index (κ3) is 3.23. The quantitative estimate of drug-likeness (QED) is 0.415. The van der Waals surface area contributed by atoms with Gasteiger partial charge in [0.05, 0.1) is 11.8 Å². The standard InChI is InChI=1S/C22H17N3O3/c26-21(24-23-13-15-7-1-2-8-16(15)22(27)28)14-25-19-11-5-3-9-17(19)18-10-4-6-12-20(18)25/h1-13H,14H2,(H,24,26)(H,27,28)/b23-13-. The first kappa shape index (κ1) is 17.5. The number of hydrogen-bond acceptors (Lipinski definition) is 3. The molecule has 0 fully saturated rings. The molecule has 6 nitrogen and oxygen atoms in total. The topological polar surface area (TPSA) is 83.7 Å². The molecule has 0 saturated heterocycles. The van der Waals surface area contributed by atoms with E-state index in [-0.39, 0.29) is 18.0 Å². The number of carbonyl (C=O) groups is 2. The number of carboxylic acids is 1. The van der Waals surface area contributed by atoms with Crippen LogP contribution in [0.1, 0.15) is 15.9 Å². The Morgan fingerprint density at radius 3 is 2.11 bits per heavy atom. The highest BCUT2D eigenvalue weighted by molar-refractivity contribution is 6.08. The van der Waals surface area contributed by atoms with Crippen molar-refractivity contribution < 1.29 is 14.7 Å². The van der Waals surface area contributed by atoms with E-state index in [4.69, 9.17) is 0 Å². The van der Waals surface area contributed by atoms with Crippen molar-refractivity contribution in [1.82, 2.24) is 9.99 Å². The Morgan fingerprint density at radius 2 is 1.46 bits per heavy atom. The maximum atomic E-state index is 12.4. The van der Waals surface area contributed by atoms with Gasteiger partial charge in [0.1, 0.15) is 6.54 Å². The molecule has 28 heavy (non-hydrogen) atoms. The number of amides is 1. The lowest BCUT2D eigenvalue weighted by Crippen LogP contribution is -2.23. The summed E-state index contributed by atoms with van der Waals surface area (Å²) in [4.78, 5) is 23.7. The summed E-state index contributed by atoms with van der Waals surface area (Å²) >= 11 is 0. The minimum atomic E-state index is -1.04. The first-order chi connectivity index (χ1) is 13.6. The van der Waals surface area contributed by atoms with Gasteiger partial charge in [-0.2, -0.15) is 5.10 Å². The molecular formula is C22H17N3O3. The second-order valence-electron chi connectivity index (χ2n) is 6.31. The van der Waals surface area contributed by atoms with E-state index in [0.29, 0.717) is 5.56 Å². The number of para-hydroxylation sites is 2. The fourth-order valence-corrected chi connectivity index (χ4v) is 3.33. The summed E-state index contributed by atoms with van der Waals surface area (Å²) < 4.78 is 1.95. The molecule has 1 heterocycles. The summed E-state index contributed by atoms with van der Waals surface area (Å²) in [5.41, 5.74) is 4.98. The summed E-state index contributed by atoms with van der Waals surface area (Å²) in [5.74, 6) is -1.34. The number of nitrogens with one attached hydrogen (secondary N) is 1. The van der Waals surface area contributed by atoms with Crippen molar-refractivity contribution in [2.75, 3.05) is 0 Å². The van der Waals surface area contributed by atoms with E-state index in [0.717, 1.165) is 21.8 Å². The van der Waals surface area contributed by atoms with Crippen LogP contribution >= 0.6 is 0 Å². The Bertz CT molecular complexity index is 1170. The van der Waals surface area contributed by atoms with Gasteiger partial charge < -0.3 is 9.67 Å². The minimum absolute atomic E-state index is 0.103. The molecule has 0 aliphatic carbocycles. The average Bonchev–Trinajstić information content (AvgIpc) is 3.02. The number of nitrogens with zero attached hydrogens (tertiary/aromatic N) is 2. The lowest BCUT2D eigenvalue weighted by molar-refractivity contribution is -0.121. The van der Waals surface area contributed by atoms with Crippen molar-refractivity contribution in [2.45, 2.75) is 6.54 Å². The van der Waals surface area contributed by atoms with Crippen molar-refractivity contribution in [2.24, 2.45) is 5.10 Å². The molecule has 1 aromatic heterocycles. The highest BCUT2D eigenvalue weighted by atomic mass is 16.4. The number of aromatic carboxylic acids is 1. The number of aromatic nitrogens is 1. The van der Waals surface area contributed by atoms with E-state index in [2.05, 4.69) is 10.5 Å². The van der Waals surface area contributed by atoms with Crippen LogP contribution in [0.3, 0.4) is 0 Å². The predicted molar refractivity (Wildman–Crippen MR) is 109 cm³/mol.